The molecule has 0 unspecified atom stereocenters. The van der Waals surface area contributed by atoms with Gasteiger partial charge in [0.25, 0.3) is 5.69 Å². The van der Waals surface area contributed by atoms with Gasteiger partial charge in [0.2, 0.25) is 0 Å². The van der Waals surface area contributed by atoms with Crippen LogP contribution in [0.15, 0.2) is 54.7 Å². The van der Waals surface area contributed by atoms with Gasteiger partial charge < -0.3 is 0 Å². The molecule has 0 aliphatic carbocycles. The molecular formula is C13H9N3O2. The van der Waals surface area contributed by atoms with E-state index in [2.05, 4.69) is 5.10 Å². The van der Waals surface area contributed by atoms with Crippen molar-refractivity contribution in [3.8, 4) is 11.3 Å². The fourth-order valence-corrected chi connectivity index (χ4v) is 1.83. The molecular weight excluding hydrogens is 230 g/mol. The first kappa shape index (κ1) is 10.5. The fraction of sp³-hybridized carbons (Fsp3) is 0. The largest absolute Gasteiger partial charge is 0.269 e. The van der Waals surface area contributed by atoms with Crippen LogP contribution in [0, 0.1) is 10.1 Å². The third-order valence-electron chi connectivity index (χ3n) is 2.74. The molecule has 0 atom stereocenters. The number of fused-ring (bicyclic) bond motifs is 1. The lowest BCUT2D eigenvalue weighted by molar-refractivity contribution is -0.384. The van der Waals surface area contributed by atoms with E-state index in [0.717, 1.165) is 16.8 Å². The Balaban J connectivity index is 2.06. The van der Waals surface area contributed by atoms with Gasteiger partial charge in [-0.1, -0.05) is 6.07 Å². The van der Waals surface area contributed by atoms with Crippen LogP contribution in [0.5, 0.6) is 0 Å². The zero-order valence-electron chi connectivity index (χ0n) is 9.35. The van der Waals surface area contributed by atoms with Gasteiger partial charge in [0.1, 0.15) is 0 Å². The second-order valence-corrected chi connectivity index (χ2v) is 3.90. The molecule has 2 aromatic heterocycles. The van der Waals surface area contributed by atoms with E-state index in [9.17, 15) is 10.1 Å². The first-order chi connectivity index (χ1) is 8.74. The average Bonchev–Trinajstić information content (AvgIpc) is 2.82. The summed E-state index contributed by atoms with van der Waals surface area (Å²) in [5.74, 6) is 0. The third-order valence-corrected chi connectivity index (χ3v) is 2.74. The molecule has 0 spiro atoms. The lowest BCUT2D eigenvalue weighted by atomic mass is 10.1. The van der Waals surface area contributed by atoms with Crippen LogP contribution in [0.25, 0.3) is 16.8 Å². The number of rotatable bonds is 2. The summed E-state index contributed by atoms with van der Waals surface area (Å²) in [6.45, 7) is 0. The highest BCUT2D eigenvalue weighted by molar-refractivity contribution is 5.66. The van der Waals surface area contributed by atoms with E-state index in [0.29, 0.717) is 0 Å². The van der Waals surface area contributed by atoms with E-state index in [-0.39, 0.29) is 5.69 Å². The fourth-order valence-electron chi connectivity index (χ4n) is 1.83. The number of aromatic nitrogens is 2. The number of hydrogen-bond acceptors (Lipinski definition) is 3. The van der Waals surface area contributed by atoms with Crippen LogP contribution < -0.4 is 0 Å². The Morgan fingerprint density at radius 1 is 1.11 bits per heavy atom. The van der Waals surface area contributed by atoms with E-state index < -0.39 is 4.92 Å². The maximum atomic E-state index is 10.6. The molecule has 18 heavy (non-hydrogen) atoms. The molecule has 88 valence electrons. The maximum absolute atomic E-state index is 10.6. The molecule has 0 saturated heterocycles. The smallest absolute Gasteiger partial charge is 0.258 e. The van der Waals surface area contributed by atoms with Gasteiger partial charge in [0, 0.05) is 23.9 Å². The van der Waals surface area contributed by atoms with Crippen molar-refractivity contribution < 1.29 is 4.92 Å². The highest BCUT2D eigenvalue weighted by atomic mass is 16.6. The molecule has 5 nitrogen and oxygen atoms in total. The van der Waals surface area contributed by atoms with E-state index in [1.807, 2.05) is 30.5 Å². The van der Waals surface area contributed by atoms with Crippen LogP contribution in [0.3, 0.4) is 0 Å². The van der Waals surface area contributed by atoms with Gasteiger partial charge in [-0.25, -0.2) is 4.52 Å². The summed E-state index contributed by atoms with van der Waals surface area (Å²) in [6, 6.07) is 14.1. The molecule has 0 amide bonds. The molecule has 0 radical (unpaired) electrons. The van der Waals surface area contributed by atoms with Gasteiger partial charge in [-0.3, -0.25) is 10.1 Å². The van der Waals surface area contributed by atoms with Crippen molar-refractivity contribution in [2.24, 2.45) is 0 Å². The van der Waals surface area contributed by atoms with Crippen LogP contribution in [-0.2, 0) is 0 Å². The standard InChI is InChI=1S/C13H9N3O2/c17-16(18)11-6-4-10(5-7-11)13-9-12-3-1-2-8-15(12)14-13/h1-9H. The van der Waals surface area contributed by atoms with Gasteiger partial charge in [0.15, 0.2) is 0 Å². The molecule has 0 N–H and O–H groups in total. The predicted octanol–water partition coefficient (Wildman–Crippen LogP) is 2.91. The normalized spacial score (nSPS) is 10.7. The minimum absolute atomic E-state index is 0.0857. The summed E-state index contributed by atoms with van der Waals surface area (Å²) in [4.78, 5) is 10.2. The Labute approximate surface area is 102 Å². The van der Waals surface area contributed by atoms with Crippen molar-refractivity contribution in [1.82, 2.24) is 9.61 Å². The zero-order valence-corrected chi connectivity index (χ0v) is 9.35. The van der Waals surface area contributed by atoms with Crippen molar-refractivity contribution in [1.29, 1.82) is 0 Å². The van der Waals surface area contributed by atoms with Crippen molar-refractivity contribution in [2.75, 3.05) is 0 Å². The Morgan fingerprint density at radius 3 is 2.56 bits per heavy atom. The molecule has 0 fully saturated rings. The van der Waals surface area contributed by atoms with Gasteiger partial charge >= 0.3 is 0 Å². The molecule has 0 aliphatic heterocycles. The van der Waals surface area contributed by atoms with Crippen molar-refractivity contribution in [2.45, 2.75) is 0 Å². The lowest BCUT2D eigenvalue weighted by Gasteiger charge is -1.95. The van der Waals surface area contributed by atoms with Crippen molar-refractivity contribution in [3.63, 3.8) is 0 Å². The van der Waals surface area contributed by atoms with E-state index in [1.165, 1.54) is 12.1 Å². The molecule has 3 aromatic rings. The van der Waals surface area contributed by atoms with Crippen LogP contribution in [-0.4, -0.2) is 14.5 Å². The number of nitrogens with zero attached hydrogens (tertiary/aromatic N) is 3. The van der Waals surface area contributed by atoms with E-state index in [1.54, 1.807) is 16.6 Å². The van der Waals surface area contributed by atoms with Crippen molar-refractivity contribution in [3.05, 3.63) is 64.8 Å². The summed E-state index contributed by atoms with van der Waals surface area (Å²) in [5, 5.41) is 15.0. The van der Waals surface area contributed by atoms with Crippen LogP contribution in [0.4, 0.5) is 5.69 Å². The number of hydrogen-bond donors (Lipinski definition) is 0. The topological polar surface area (TPSA) is 60.4 Å². The molecule has 3 rings (SSSR count). The molecule has 0 aliphatic rings. The van der Waals surface area contributed by atoms with E-state index in [4.69, 9.17) is 0 Å². The first-order valence-electron chi connectivity index (χ1n) is 5.43. The van der Waals surface area contributed by atoms with Crippen LogP contribution in [0.1, 0.15) is 0 Å². The van der Waals surface area contributed by atoms with Gasteiger partial charge in [-0.15, -0.1) is 0 Å². The second kappa shape index (κ2) is 3.96. The average molecular weight is 239 g/mol. The first-order valence-corrected chi connectivity index (χ1v) is 5.43. The van der Waals surface area contributed by atoms with Crippen molar-refractivity contribution >= 4 is 11.2 Å². The summed E-state index contributed by atoms with van der Waals surface area (Å²) in [7, 11) is 0. The molecule has 1 aromatic carbocycles. The number of nitro groups is 1. The third kappa shape index (κ3) is 1.71. The maximum Gasteiger partial charge on any atom is 0.269 e. The number of benzene rings is 1. The number of non-ortho nitro benzene ring substituents is 1. The Bertz CT molecular complexity index is 683. The summed E-state index contributed by atoms with van der Waals surface area (Å²) in [5.41, 5.74) is 2.74. The Hall–Kier alpha value is -2.69. The van der Waals surface area contributed by atoms with Crippen LogP contribution >= 0.6 is 0 Å². The Morgan fingerprint density at radius 2 is 1.89 bits per heavy atom. The zero-order chi connectivity index (χ0) is 12.5. The monoisotopic (exact) mass is 239 g/mol. The molecule has 0 bridgehead atoms. The highest BCUT2D eigenvalue weighted by Crippen LogP contribution is 2.22. The minimum atomic E-state index is -0.409. The minimum Gasteiger partial charge on any atom is -0.258 e. The van der Waals surface area contributed by atoms with Gasteiger partial charge in [0.05, 0.1) is 16.1 Å². The molecule has 0 saturated carbocycles. The summed E-state index contributed by atoms with van der Waals surface area (Å²) >= 11 is 0. The molecule has 5 heteroatoms. The van der Waals surface area contributed by atoms with E-state index >= 15 is 0 Å². The highest BCUT2D eigenvalue weighted by Gasteiger charge is 2.07. The molecule has 2 heterocycles. The summed E-state index contributed by atoms with van der Waals surface area (Å²) in [6.07, 6.45) is 1.87. The quantitative estimate of drug-likeness (QED) is 0.510. The number of nitro benzene ring substituents is 1. The SMILES string of the molecule is O=[N+]([O-])c1ccc(-c2cc3ccccn3n2)cc1. The Kier molecular flexibility index (Phi) is 2.30. The van der Waals surface area contributed by atoms with Gasteiger partial charge in [-0.05, 0) is 30.3 Å². The predicted molar refractivity (Wildman–Crippen MR) is 67.3 cm³/mol. The van der Waals surface area contributed by atoms with Gasteiger partial charge in [-0.2, -0.15) is 5.10 Å². The second-order valence-electron chi connectivity index (χ2n) is 3.90. The van der Waals surface area contributed by atoms with Crippen LogP contribution in [0.2, 0.25) is 0 Å². The lowest BCUT2D eigenvalue weighted by Crippen LogP contribution is -1.88. The summed E-state index contributed by atoms with van der Waals surface area (Å²) < 4.78 is 1.77. The number of pyridine rings is 1.